The predicted octanol–water partition coefficient (Wildman–Crippen LogP) is 0.974. The maximum atomic E-state index is 12.0. The van der Waals surface area contributed by atoms with E-state index in [1.807, 2.05) is 10.8 Å². The van der Waals surface area contributed by atoms with Crippen molar-refractivity contribution < 1.29 is 4.79 Å². The molecule has 0 fully saturated rings. The van der Waals surface area contributed by atoms with Crippen LogP contribution in [0.4, 0.5) is 0 Å². The van der Waals surface area contributed by atoms with Gasteiger partial charge < -0.3 is 9.88 Å². The van der Waals surface area contributed by atoms with Gasteiger partial charge in [-0.3, -0.25) is 4.79 Å². The van der Waals surface area contributed by atoms with E-state index in [-0.39, 0.29) is 5.91 Å². The average Bonchev–Trinajstić information content (AvgIpc) is 3.13. The van der Waals surface area contributed by atoms with Crippen molar-refractivity contribution in [1.29, 1.82) is 0 Å². The molecular formula is C13H14N6O. The van der Waals surface area contributed by atoms with Gasteiger partial charge in [0.15, 0.2) is 0 Å². The second-order valence-electron chi connectivity index (χ2n) is 4.44. The van der Waals surface area contributed by atoms with Crippen LogP contribution in [-0.2, 0) is 6.54 Å². The zero-order chi connectivity index (χ0) is 13.8. The number of hydrogen-bond donors (Lipinski definition) is 2. The second-order valence-corrected chi connectivity index (χ2v) is 4.44. The van der Waals surface area contributed by atoms with Crippen LogP contribution < -0.4 is 5.32 Å². The molecule has 0 aliphatic carbocycles. The highest BCUT2D eigenvalue weighted by atomic mass is 16.1. The van der Waals surface area contributed by atoms with Crippen molar-refractivity contribution in [2.45, 2.75) is 13.0 Å². The van der Waals surface area contributed by atoms with Crippen LogP contribution in [-0.4, -0.2) is 37.4 Å². The molecule has 0 saturated heterocycles. The third kappa shape index (κ3) is 2.66. The number of nitrogens with one attached hydrogen (secondary N) is 2. The zero-order valence-electron chi connectivity index (χ0n) is 10.8. The molecule has 0 unspecified atom stereocenters. The predicted molar refractivity (Wildman–Crippen MR) is 73.1 cm³/mol. The monoisotopic (exact) mass is 270 g/mol. The molecule has 0 aliphatic rings. The molecular weight excluding hydrogens is 256 g/mol. The van der Waals surface area contributed by atoms with Crippen LogP contribution in [0.2, 0.25) is 0 Å². The molecule has 7 nitrogen and oxygen atoms in total. The lowest BCUT2D eigenvalue weighted by molar-refractivity contribution is 0.0953. The first-order chi connectivity index (χ1) is 9.83. The summed E-state index contributed by atoms with van der Waals surface area (Å²) in [7, 11) is 0. The van der Waals surface area contributed by atoms with E-state index in [0.29, 0.717) is 17.6 Å². The Labute approximate surface area is 115 Å². The van der Waals surface area contributed by atoms with Gasteiger partial charge in [0.1, 0.15) is 11.0 Å². The molecule has 20 heavy (non-hydrogen) atoms. The van der Waals surface area contributed by atoms with Gasteiger partial charge in [0.25, 0.3) is 5.91 Å². The lowest BCUT2D eigenvalue weighted by atomic mass is 10.2. The number of nitrogens with zero attached hydrogens (tertiary/aromatic N) is 4. The lowest BCUT2D eigenvalue weighted by Gasteiger charge is -2.05. The summed E-state index contributed by atoms with van der Waals surface area (Å²) in [5.74, 6) is -0.0967. The lowest BCUT2D eigenvalue weighted by Crippen LogP contribution is -2.25. The van der Waals surface area contributed by atoms with Gasteiger partial charge in [0.05, 0.1) is 6.33 Å². The number of fused-ring (bicyclic) bond motifs is 1. The first-order valence-corrected chi connectivity index (χ1v) is 6.37. The molecule has 0 spiro atoms. The summed E-state index contributed by atoms with van der Waals surface area (Å²) in [4.78, 5) is 16.0. The molecule has 1 aromatic carbocycles. The highest BCUT2D eigenvalue weighted by Crippen LogP contribution is 2.10. The number of H-pyrrole nitrogens is 1. The largest absolute Gasteiger partial charge is 0.352 e. The third-order valence-electron chi connectivity index (χ3n) is 3.02. The maximum Gasteiger partial charge on any atom is 0.251 e. The fourth-order valence-electron chi connectivity index (χ4n) is 1.97. The van der Waals surface area contributed by atoms with Crippen molar-refractivity contribution in [2.24, 2.45) is 0 Å². The van der Waals surface area contributed by atoms with Gasteiger partial charge in [0.2, 0.25) is 0 Å². The first-order valence-electron chi connectivity index (χ1n) is 6.37. The number of amides is 1. The molecule has 1 amide bonds. The van der Waals surface area contributed by atoms with E-state index in [1.165, 1.54) is 0 Å². The molecule has 0 saturated carbocycles. The average molecular weight is 270 g/mol. The van der Waals surface area contributed by atoms with Crippen LogP contribution in [0.25, 0.3) is 11.0 Å². The van der Waals surface area contributed by atoms with Crippen LogP contribution in [0.3, 0.4) is 0 Å². The highest BCUT2D eigenvalue weighted by molar-refractivity contribution is 5.97. The van der Waals surface area contributed by atoms with Gasteiger partial charge >= 0.3 is 0 Å². The summed E-state index contributed by atoms with van der Waals surface area (Å²) >= 11 is 0. The number of carbonyl (C=O) groups is 1. The second kappa shape index (κ2) is 5.52. The van der Waals surface area contributed by atoms with Crippen molar-refractivity contribution in [1.82, 2.24) is 30.3 Å². The summed E-state index contributed by atoms with van der Waals surface area (Å²) in [6, 6.07) is 5.25. The number of aromatic amines is 1. The number of carbonyl (C=O) groups excluding carboxylic acids is 1. The van der Waals surface area contributed by atoms with Crippen LogP contribution in [0.1, 0.15) is 16.8 Å². The molecule has 2 N–H and O–H groups in total. The molecule has 0 bridgehead atoms. The van der Waals surface area contributed by atoms with E-state index >= 15 is 0 Å². The van der Waals surface area contributed by atoms with E-state index in [1.54, 1.807) is 30.7 Å². The van der Waals surface area contributed by atoms with Gasteiger partial charge in [-0.05, 0) is 24.6 Å². The van der Waals surface area contributed by atoms with Gasteiger partial charge in [0, 0.05) is 31.0 Å². The normalized spacial score (nSPS) is 10.8. The standard InChI is InChI=1S/C13H14N6O/c20-13(15-4-1-6-19-7-5-14-9-19)10-2-3-11-12(8-10)17-18-16-11/h2-3,5,7-9H,1,4,6H2,(H,15,20)(H,16,17,18). The minimum absolute atomic E-state index is 0.0967. The number of imidazole rings is 1. The Hall–Kier alpha value is -2.70. The summed E-state index contributed by atoms with van der Waals surface area (Å²) < 4.78 is 1.98. The Morgan fingerprint density at radius 3 is 3.05 bits per heavy atom. The fraction of sp³-hybridized carbons (Fsp3) is 0.231. The smallest absolute Gasteiger partial charge is 0.251 e. The van der Waals surface area contributed by atoms with Gasteiger partial charge in [-0.1, -0.05) is 0 Å². The van der Waals surface area contributed by atoms with Gasteiger partial charge in [-0.2, -0.15) is 15.4 Å². The quantitative estimate of drug-likeness (QED) is 0.676. The Morgan fingerprint density at radius 2 is 2.20 bits per heavy atom. The Kier molecular flexibility index (Phi) is 3.40. The molecule has 7 heteroatoms. The Balaban J connectivity index is 1.53. The number of aryl methyl sites for hydroxylation is 1. The Morgan fingerprint density at radius 1 is 1.30 bits per heavy atom. The summed E-state index contributed by atoms with van der Waals surface area (Å²) in [6.07, 6.45) is 6.26. The molecule has 0 radical (unpaired) electrons. The van der Waals surface area contributed by atoms with Gasteiger partial charge in [-0.25, -0.2) is 4.98 Å². The van der Waals surface area contributed by atoms with Crippen molar-refractivity contribution in [3.63, 3.8) is 0 Å². The van der Waals surface area contributed by atoms with Gasteiger partial charge in [-0.15, -0.1) is 0 Å². The van der Waals surface area contributed by atoms with E-state index in [4.69, 9.17) is 0 Å². The third-order valence-corrected chi connectivity index (χ3v) is 3.02. The van der Waals surface area contributed by atoms with Crippen LogP contribution in [0.15, 0.2) is 36.9 Å². The van der Waals surface area contributed by atoms with Crippen LogP contribution >= 0.6 is 0 Å². The molecule has 0 aliphatic heterocycles. The van der Waals surface area contributed by atoms with Crippen LogP contribution in [0.5, 0.6) is 0 Å². The molecule has 102 valence electrons. The van der Waals surface area contributed by atoms with E-state index in [0.717, 1.165) is 18.5 Å². The van der Waals surface area contributed by atoms with E-state index in [2.05, 4.69) is 25.7 Å². The number of benzene rings is 1. The van der Waals surface area contributed by atoms with Crippen molar-refractivity contribution in [3.8, 4) is 0 Å². The van der Waals surface area contributed by atoms with Crippen molar-refractivity contribution in [2.75, 3.05) is 6.54 Å². The fourth-order valence-corrected chi connectivity index (χ4v) is 1.97. The number of aromatic nitrogens is 5. The summed E-state index contributed by atoms with van der Waals surface area (Å²) in [6.45, 7) is 1.45. The summed E-state index contributed by atoms with van der Waals surface area (Å²) in [5.41, 5.74) is 2.03. The van der Waals surface area contributed by atoms with E-state index in [9.17, 15) is 4.79 Å². The first kappa shape index (κ1) is 12.3. The zero-order valence-corrected chi connectivity index (χ0v) is 10.8. The number of hydrogen-bond acceptors (Lipinski definition) is 4. The molecule has 0 atom stereocenters. The number of rotatable bonds is 5. The van der Waals surface area contributed by atoms with Crippen molar-refractivity contribution >= 4 is 16.9 Å². The topological polar surface area (TPSA) is 88.5 Å². The highest BCUT2D eigenvalue weighted by Gasteiger charge is 2.07. The van der Waals surface area contributed by atoms with Crippen LogP contribution in [0, 0.1) is 0 Å². The maximum absolute atomic E-state index is 12.0. The molecule has 3 rings (SSSR count). The molecule has 2 heterocycles. The summed E-state index contributed by atoms with van der Waals surface area (Å²) in [5, 5.41) is 13.3. The minimum Gasteiger partial charge on any atom is -0.352 e. The molecule has 2 aromatic heterocycles. The van der Waals surface area contributed by atoms with E-state index < -0.39 is 0 Å². The van der Waals surface area contributed by atoms with Crippen molar-refractivity contribution in [3.05, 3.63) is 42.5 Å². The molecule has 3 aromatic rings. The minimum atomic E-state index is -0.0967. The Bertz CT molecular complexity index is 703. The SMILES string of the molecule is O=C(NCCCn1ccnc1)c1ccc2n[nH]nc2c1.